The molecule has 3 nitrogen and oxygen atoms in total. The molecule has 0 spiro atoms. The summed E-state index contributed by atoms with van der Waals surface area (Å²) < 4.78 is 8.59. The molecule has 0 aliphatic heterocycles. The molecule has 26 heavy (non-hydrogen) atoms. The maximum atomic E-state index is 12.8. The van der Waals surface area contributed by atoms with Crippen LogP contribution >= 0.6 is 23.6 Å². The Balaban J connectivity index is 1.83. The third kappa shape index (κ3) is 3.11. The van der Waals surface area contributed by atoms with Crippen LogP contribution in [0.25, 0.3) is 23.1 Å². The Hall–Kier alpha value is -2.98. The average Bonchev–Trinajstić information content (AvgIpc) is 3.28. The number of thiazole rings is 1. The van der Waals surface area contributed by atoms with Crippen LogP contribution < -0.4 is 14.8 Å². The first kappa shape index (κ1) is 16.5. The maximum absolute atomic E-state index is 12.8. The fraction of sp³-hybridized carbons (Fsp3) is 0. The summed E-state index contributed by atoms with van der Waals surface area (Å²) in [5.41, 5.74) is 1.63. The molecule has 126 valence electrons. The van der Waals surface area contributed by atoms with Crippen LogP contribution in [0.3, 0.4) is 0 Å². The van der Waals surface area contributed by atoms with Gasteiger partial charge in [0.1, 0.15) is 11.5 Å². The minimum atomic E-state index is -0.133. The number of para-hydroxylation sites is 1. The second-order valence-corrected chi connectivity index (χ2v) is 6.80. The molecule has 5 heteroatoms. The summed E-state index contributed by atoms with van der Waals surface area (Å²) in [5, 5.41) is 2.69. The van der Waals surface area contributed by atoms with Crippen molar-refractivity contribution in [2.75, 3.05) is 0 Å². The summed E-state index contributed by atoms with van der Waals surface area (Å²) in [4.78, 5) is 12.8. The van der Waals surface area contributed by atoms with Crippen LogP contribution in [0, 0.1) is 0 Å². The van der Waals surface area contributed by atoms with Crippen LogP contribution in [0.2, 0.25) is 0 Å². The van der Waals surface area contributed by atoms with E-state index in [2.05, 4.69) is 5.02 Å². The van der Waals surface area contributed by atoms with Crippen molar-refractivity contribution in [1.29, 1.82) is 0 Å². The van der Waals surface area contributed by atoms with Gasteiger partial charge in [-0.25, -0.2) is 0 Å². The molecule has 0 N–H and O–H groups in total. The number of thiocarbonyl (C=S) groups is 1. The standard InChI is InChI=1S/C21H13NO2S2/c23-21-19(26-20(14-25)22(21)16-9-5-2-6-10-16)13-17-11-12-18(24-17)15-7-3-1-4-8-15/h1-13H. The average molecular weight is 375 g/mol. The molecule has 0 aliphatic rings. The van der Waals surface area contributed by atoms with E-state index in [9.17, 15) is 4.79 Å². The van der Waals surface area contributed by atoms with Crippen LogP contribution in [0.15, 0.2) is 82.0 Å². The van der Waals surface area contributed by atoms with Gasteiger partial charge in [0, 0.05) is 11.6 Å². The van der Waals surface area contributed by atoms with Crippen LogP contribution in [0.1, 0.15) is 5.76 Å². The molecule has 0 saturated carbocycles. The largest absolute Gasteiger partial charge is 0.457 e. The zero-order chi connectivity index (χ0) is 17.9. The van der Waals surface area contributed by atoms with Crippen molar-refractivity contribution in [3.05, 3.63) is 98.1 Å². The molecule has 0 radical (unpaired) electrons. The second-order valence-electron chi connectivity index (χ2n) is 5.56. The van der Waals surface area contributed by atoms with E-state index in [4.69, 9.17) is 16.6 Å². The zero-order valence-electron chi connectivity index (χ0n) is 13.6. The molecule has 0 bridgehead atoms. The third-order valence-corrected chi connectivity index (χ3v) is 5.20. The number of nitrogens with zero attached hydrogens (tertiary/aromatic N) is 1. The number of hydrogen-bond acceptors (Lipinski definition) is 4. The molecule has 2 heterocycles. The fourth-order valence-electron chi connectivity index (χ4n) is 2.68. The molecule has 0 fully saturated rings. The summed E-state index contributed by atoms with van der Waals surface area (Å²) >= 11 is 6.28. The third-order valence-electron chi connectivity index (χ3n) is 3.88. The first-order chi connectivity index (χ1) is 12.8. The van der Waals surface area contributed by atoms with Gasteiger partial charge in [0.15, 0.2) is 4.66 Å². The summed E-state index contributed by atoms with van der Waals surface area (Å²) in [7, 11) is 0. The van der Waals surface area contributed by atoms with Crippen molar-refractivity contribution in [2.45, 2.75) is 0 Å². The van der Waals surface area contributed by atoms with E-state index in [-0.39, 0.29) is 5.56 Å². The number of hydrogen-bond donors (Lipinski definition) is 0. The highest BCUT2D eigenvalue weighted by Crippen LogP contribution is 2.21. The second kappa shape index (κ2) is 7.10. The van der Waals surface area contributed by atoms with Crippen molar-refractivity contribution in [2.24, 2.45) is 0 Å². The van der Waals surface area contributed by atoms with Gasteiger partial charge in [0.2, 0.25) is 0 Å². The Morgan fingerprint density at radius 3 is 2.35 bits per heavy atom. The van der Waals surface area contributed by atoms with Crippen molar-refractivity contribution < 1.29 is 4.42 Å². The molecular formula is C21H13NO2S2. The number of furan rings is 1. The van der Waals surface area contributed by atoms with Gasteiger partial charge < -0.3 is 4.42 Å². The fourth-order valence-corrected chi connectivity index (χ4v) is 3.78. The number of benzene rings is 2. The van der Waals surface area contributed by atoms with E-state index in [0.29, 0.717) is 15.0 Å². The van der Waals surface area contributed by atoms with Gasteiger partial charge >= 0.3 is 0 Å². The van der Waals surface area contributed by atoms with Crippen LogP contribution in [0.5, 0.6) is 0 Å². The Kier molecular flexibility index (Phi) is 4.50. The first-order valence-corrected chi connectivity index (χ1v) is 9.18. The predicted molar refractivity (Wildman–Crippen MR) is 109 cm³/mol. The lowest BCUT2D eigenvalue weighted by molar-refractivity contribution is 0.571. The normalized spacial score (nSPS) is 11.5. The molecule has 2 aromatic carbocycles. The summed E-state index contributed by atoms with van der Waals surface area (Å²) in [6.45, 7) is 0. The predicted octanol–water partition coefficient (Wildman–Crippen LogP) is 3.26. The van der Waals surface area contributed by atoms with E-state index < -0.39 is 0 Å². The Morgan fingerprint density at radius 2 is 1.65 bits per heavy atom. The lowest BCUT2D eigenvalue weighted by Crippen LogP contribution is -2.30. The van der Waals surface area contributed by atoms with Gasteiger partial charge in [0.25, 0.3) is 5.56 Å². The molecule has 0 aliphatic carbocycles. The molecule has 0 atom stereocenters. The quantitative estimate of drug-likeness (QED) is 0.516. The number of rotatable bonds is 3. The first-order valence-electron chi connectivity index (χ1n) is 7.95. The van der Waals surface area contributed by atoms with Crippen LogP contribution in [0.4, 0.5) is 0 Å². The highest BCUT2D eigenvalue weighted by atomic mass is 32.1. The lowest BCUT2D eigenvalue weighted by Gasteiger charge is -1.98. The van der Waals surface area contributed by atoms with Crippen LogP contribution in [-0.2, 0) is 0 Å². The van der Waals surface area contributed by atoms with Gasteiger partial charge in [-0.05, 0) is 41.5 Å². The minimum Gasteiger partial charge on any atom is -0.457 e. The van der Waals surface area contributed by atoms with E-state index in [1.807, 2.05) is 72.8 Å². The Bertz CT molecular complexity index is 1240. The van der Waals surface area contributed by atoms with Crippen molar-refractivity contribution in [3.63, 3.8) is 0 Å². The zero-order valence-corrected chi connectivity index (χ0v) is 15.2. The van der Waals surface area contributed by atoms with Crippen molar-refractivity contribution in [3.8, 4) is 17.0 Å². The highest BCUT2D eigenvalue weighted by molar-refractivity contribution is 7.78. The monoisotopic (exact) mass is 375 g/mol. The van der Waals surface area contributed by atoms with Gasteiger partial charge in [-0.15, -0.1) is 11.3 Å². The molecule has 0 unspecified atom stereocenters. The highest BCUT2D eigenvalue weighted by Gasteiger charge is 2.08. The molecule has 4 aromatic rings. The smallest absolute Gasteiger partial charge is 0.274 e. The molecular weight excluding hydrogens is 362 g/mol. The number of aromatic nitrogens is 1. The van der Waals surface area contributed by atoms with E-state index in [0.717, 1.165) is 17.0 Å². The Labute approximate surface area is 158 Å². The van der Waals surface area contributed by atoms with Gasteiger partial charge in [0.05, 0.1) is 10.2 Å². The van der Waals surface area contributed by atoms with Crippen LogP contribution in [-0.4, -0.2) is 9.59 Å². The topological polar surface area (TPSA) is 35.1 Å². The minimum absolute atomic E-state index is 0.133. The SMILES string of the molecule is O=c1c(=Cc2ccc(-c3ccccc3)o2)sc(=C=S)n1-c1ccccc1. The van der Waals surface area contributed by atoms with E-state index in [1.54, 1.807) is 10.6 Å². The summed E-state index contributed by atoms with van der Waals surface area (Å²) in [5.74, 6) is 1.39. The Morgan fingerprint density at radius 1 is 0.962 bits per heavy atom. The van der Waals surface area contributed by atoms with E-state index in [1.165, 1.54) is 11.3 Å². The maximum Gasteiger partial charge on any atom is 0.274 e. The molecule has 0 saturated heterocycles. The van der Waals surface area contributed by atoms with Crippen molar-refractivity contribution >= 4 is 34.7 Å². The molecule has 4 rings (SSSR count). The van der Waals surface area contributed by atoms with Gasteiger partial charge in [-0.2, -0.15) is 0 Å². The summed E-state index contributed by atoms with van der Waals surface area (Å²) in [6, 6.07) is 23.0. The van der Waals surface area contributed by atoms with E-state index >= 15 is 0 Å². The van der Waals surface area contributed by atoms with Gasteiger partial charge in [-0.1, -0.05) is 48.5 Å². The molecule has 2 aromatic heterocycles. The molecule has 0 amide bonds. The van der Waals surface area contributed by atoms with Gasteiger partial charge in [-0.3, -0.25) is 9.36 Å². The lowest BCUT2D eigenvalue weighted by atomic mass is 10.2. The summed E-state index contributed by atoms with van der Waals surface area (Å²) in [6.07, 6.45) is 1.75. The van der Waals surface area contributed by atoms with Crippen molar-refractivity contribution in [1.82, 2.24) is 4.57 Å².